The number of likely N-dealkylation sites (tertiary alicyclic amines) is 1. The Hall–Kier alpha value is -1.34. The summed E-state index contributed by atoms with van der Waals surface area (Å²) in [4.78, 5) is 6.30. The lowest BCUT2D eigenvalue weighted by atomic mass is 9.98. The van der Waals surface area contributed by atoms with Gasteiger partial charge in [-0.1, -0.05) is 30.2 Å². The van der Waals surface area contributed by atoms with Crippen molar-refractivity contribution in [1.29, 1.82) is 5.41 Å². The Kier molecular flexibility index (Phi) is 8.83. The summed E-state index contributed by atoms with van der Waals surface area (Å²) in [5, 5.41) is 8.47. The number of ether oxygens (including phenoxy) is 1. The first kappa shape index (κ1) is 22.7. The highest BCUT2D eigenvalue weighted by Gasteiger charge is 2.35. The van der Waals surface area contributed by atoms with E-state index >= 15 is 0 Å². The summed E-state index contributed by atoms with van der Waals surface area (Å²) < 4.78 is 41.4. The highest BCUT2D eigenvalue weighted by molar-refractivity contribution is 6.64. The molecule has 0 amide bonds. The first-order chi connectivity index (χ1) is 12.1. The molecule has 0 aromatic heterocycles. The number of halogens is 4. The van der Waals surface area contributed by atoms with Crippen LogP contribution >= 0.6 is 11.6 Å². The fourth-order valence-electron chi connectivity index (χ4n) is 2.89. The zero-order valence-electron chi connectivity index (χ0n) is 15.7. The van der Waals surface area contributed by atoms with Gasteiger partial charge in [-0.2, -0.15) is 0 Å². The Morgan fingerprint density at radius 1 is 1.31 bits per heavy atom. The van der Waals surface area contributed by atoms with Gasteiger partial charge in [0.15, 0.2) is 0 Å². The largest absolute Gasteiger partial charge is 0.522 e. The molecule has 0 radical (unpaired) electrons. The molecule has 0 unspecified atom stereocenters. The molecule has 0 aromatic rings. The van der Waals surface area contributed by atoms with Crippen LogP contribution in [-0.2, 0) is 4.74 Å². The lowest BCUT2D eigenvalue weighted by Crippen LogP contribution is -2.39. The van der Waals surface area contributed by atoms with E-state index in [-0.39, 0.29) is 12.8 Å². The van der Waals surface area contributed by atoms with Crippen LogP contribution in [-0.4, -0.2) is 41.3 Å². The van der Waals surface area contributed by atoms with E-state index in [1.54, 1.807) is 13.8 Å². The molecular weight excluding hydrogens is 367 g/mol. The fraction of sp³-hybridized carbons (Fsp3) is 0.667. The van der Waals surface area contributed by atoms with Crippen LogP contribution in [0.4, 0.5) is 13.2 Å². The smallest absolute Gasteiger partial charge is 0.356 e. The average Bonchev–Trinajstić information content (AvgIpc) is 2.53. The summed E-state index contributed by atoms with van der Waals surface area (Å²) in [7, 11) is 0. The van der Waals surface area contributed by atoms with Gasteiger partial charge in [-0.15, -0.1) is 13.2 Å². The minimum Gasteiger partial charge on any atom is -0.356 e. The maximum absolute atomic E-state index is 12.4. The molecule has 26 heavy (non-hydrogen) atoms. The summed E-state index contributed by atoms with van der Waals surface area (Å²) >= 11 is 5.99. The van der Waals surface area contributed by atoms with Gasteiger partial charge in [0.1, 0.15) is 11.0 Å². The number of alkyl halides is 3. The molecule has 1 saturated heterocycles. The number of hydrogen-bond acceptors (Lipinski definition) is 4. The normalized spacial score (nSPS) is 18.8. The van der Waals surface area contributed by atoms with Gasteiger partial charge >= 0.3 is 6.36 Å². The lowest BCUT2D eigenvalue weighted by Gasteiger charge is -2.35. The molecule has 148 valence electrons. The van der Waals surface area contributed by atoms with Gasteiger partial charge in [0.2, 0.25) is 0 Å². The minimum atomic E-state index is -4.62. The molecule has 0 aromatic carbocycles. The summed E-state index contributed by atoms with van der Waals surface area (Å²) in [6, 6.07) is 0. The van der Waals surface area contributed by atoms with Gasteiger partial charge < -0.3 is 10.3 Å². The topological polar surface area (TPSA) is 48.7 Å². The molecule has 1 N–H and O–H groups in total. The quantitative estimate of drug-likeness (QED) is 0.449. The van der Waals surface area contributed by atoms with E-state index in [4.69, 9.17) is 17.0 Å². The second-order valence-electron chi connectivity index (χ2n) is 6.26. The van der Waals surface area contributed by atoms with Crippen molar-refractivity contribution in [1.82, 2.24) is 4.90 Å². The molecule has 1 fully saturated rings. The zero-order valence-corrected chi connectivity index (χ0v) is 16.5. The van der Waals surface area contributed by atoms with E-state index in [1.807, 2.05) is 24.8 Å². The second-order valence-corrected chi connectivity index (χ2v) is 6.81. The van der Waals surface area contributed by atoms with Gasteiger partial charge in [0, 0.05) is 24.4 Å². The molecule has 1 rings (SSSR count). The standard InChI is InChI=1S/C18H27ClF3N3O/c1-5-14(6-2)11-16(12(3)23)17(24-13(4)19)25-9-7-15(8-10-25)26-18(20,21)22/h5,15,23H,6-11H2,1-4H3/b14-5-,17-16+,23-12?,24-13+. The molecule has 1 heterocycles. The number of allylic oxidation sites excluding steroid dienone is 3. The van der Waals surface area contributed by atoms with Crippen molar-refractivity contribution >= 4 is 22.5 Å². The minimum absolute atomic E-state index is 0.244. The van der Waals surface area contributed by atoms with Crippen LogP contribution in [0.2, 0.25) is 0 Å². The predicted octanol–water partition coefficient (Wildman–Crippen LogP) is 5.64. The lowest BCUT2D eigenvalue weighted by molar-refractivity contribution is -0.345. The Balaban J connectivity index is 3.09. The van der Waals surface area contributed by atoms with E-state index < -0.39 is 12.5 Å². The first-order valence-electron chi connectivity index (χ1n) is 8.70. The molecule has 0 aliphatic carbocycles. The van der Waals surface area contributed by atoms with Crippen molar-refractivity contribution < 1.29 is 17.9 Å². The molecule has 0 saturated carbocycles. The van der Waals surface area contributed by atoms with Crippen LogP contribution in [0.5, 0.6) is 0 Å². The van der Waals surface area contributed by atoms with Crippen molar-refractivity contribution in [3.05, 3.63) is 23.0 Å². The third kappa shape index (κ3) is 7.50. The Morgan fingerprint density at radius 3 is 2.27 bits per heavy atom. The molecule has 8 heteroatoms. The van der Waals surface area contributed by atoms with Crippen molar-refractivity contribution in [2.45, 2.75) is 65.8 Å². The molecule has 4 nitrogen and oxygen atoms in total. The summed E-state index contributed by atoms with van der Waals surface area (Å²) in [5.41, 5.74) is 2.29. The maximum Gasteiger partial charge on any atom is 0.522 e. The fourth-order valence-corrected chi connectivity index (χ4v) is 2.97. The molecular formula is C18H27ClF3N3O. The maximum atomic E-state index is 12.4. The van der Waals surface area contributed by atoms with Gasteiger partial charge in [0.25, 0.3) is 0 Å². The van der Waals surface area contributed by atoms with Crippen LogP contribution in [0.1, 0.15) is 53.4 Å². The number of nitrogens with one attached hydrogen (secondary N) is 1. The molecule has 0 atom stereocenters. The summed E-state index contributed by atoms with van der Waals surface area (Å²) in [6.07, 6.45) is -1.53. The van der Waals surface area contributed by atoms with E-state index in [0.29, 0.717) is 36.2 Å². The van der Waals surface area contributed by atoms with E-state index in [1.165, 1.54) is 5.57 Å². The van der Waals surface area contributed by atoms with Crippen LogP contribution < -0.4 is 0 Å². The van der Waals surface area contributed by atoms with Crippen molar-refractivity contribution in [3.63, 3.8) is 0 Å². The zero-order chi connectivity index (χ0) is 19.9. The summed E-state index contributed by atoms with van der Waals surface area (Å²) in [5.74, 6) is 0.572. The van der Waals surface area contributed by atoms with Crippen molar-refractivity contribution in [2.24, 2.45) is 4.99 Å². The Morgan fingerprint density at radius 2 is 1.88 bits per heavy atom. The van der Waals surface area contributed by atoms with E-state index in [0.717, 1.165) is 12.0 Å². The number of aliphatic imine (C=N–C) groups is 1. The molecule has 0 bridgehead atoms. The predicted molar refractivity (Wildman–Crippen MR) is 99.8 cm³/mol. The van der Waals surface area contributed by atoms with Crippen molar-refractivity contribution in [3.8, 4) is 0 Å². The number of piperidine rings is 1. The van der Waals surface area contributed by atoms with Gasteiger partial charge in [-0.25, -0.2) is 4.99 Å². The third-order valence-corrected chi connectivity index (χ3v) is 4.38. The Bertz CT molecular complexity index is 585. The number of rotatable bonds is 7. The van der Waals surface area contributed by atoms with Gasteiger partial charge in [0.05, 0.1) is 6.10 Å². The Labute approximate surface area is 158 Å². The van der Waals surface area contributed by atoms with Crippen LogP contribution in [0.25, 0.3) is 0 Å². The number of hydrogen-bond donors (Lipinski definition) is 1. The monoisotopic (exact) mass is 393 g/mol. The molecule has 1 aliphatic rings. The van der Waals surface area contributed by atoms with Crippen molar-refractivity contribution in [2.75, 3.05) is 13.1 Å². The highest BCUT2D eigenvalue weighted by Crippen LogP contribution is 2.29. The van der Waals surface area contributed by atoms with E-state index in [2.05, 4.69) is 9.73 Å². The SMILES string of the molecule is C/C=C(/CC)C/C(C(C)=N)=C(/N=C(\C)Cl)N1CCC(OC(F)(F)F)CC1. The van der Waals surface area contributed by atoms with Gasteiger partial charge in [-0.05, 0) is 46.5 Å². The van der Waals surface area contributed by atoms with E-state index in [9.17, 15) is 13.2 Å². The van der Waals surface area contributed by atoms with Crippen LogP contribution in [0.3, 0.4) is 0 Å². The molecule has 1 aliphatic heterocycles. The van der Waals surface area contributed by atoms with Crippen LogP contribution in [0.15, 0.2) is 28.0 Å². The van der Waals surface area contributed by atoms with Gasteiger partial charge in [-0.3, -0.25) is 4.74 Å². The second kappa shape index (κ2) is 10.1. The third-order valence-electron chi connectivity index (χ3n) is 4.29. The number of nitrogens with zero attached hydrogens (tertiary/aromatic N) is 2. The summed E-state index contributed by atoms with van der Waals surface area (Å²) in [6.45, 7) is 8.08. The highest BCUT2D eigenvalue weighted by atomic mass is 35.5. The first-order valence-corrected chi connectivity index (χ1v) is 9.08. The van der Waals surface area contributed by atoms with Crippen LogP contribution in [0, 0.1) is 5.41 Å². The molecule has 0 spiro atoms. The average molecular weight is 394 g/mol.